The molecule has 2 aromatic rings. The number of thioether (sulfide) groups is 1. The third kappa shape index (κ3) is 6.11. The zero-order chi connectivity index (χ0) is 18.2. The topological polar surface area (TPSA) is 58.6 Å². The van der Waals surface area contributed by atoms with Gasteiger partial charge >= 0.3 is 0 Å². The maximum atomic E-state index is 12.8. The van der Waals surface area contributed by atoms with Gasteiger partial charge in [-0.25, -0.2) is 4.39 Å². The highest BCUT2D eigenvalue weighted by Gasteiger charge is 2.13. The molecule has 0 atom stereocenters. The molecule has 0 saturated heterocycles. The van der Waals surface area contributed by atoms with Gasteiger partial charge in [-0.1, -0.05) is 0 Å². The number of carbonyl (C=O) groups excluding carboxylic acids is 2. The number of methoxy groups -OCH3 is 1. The Morgan fingerprint density at radius 1 is 1.12 bits per heavy atom. The number of halogens is 1. The van der Waals surface area contributed by atoms with Gasteiger partial charge in [-0.3, -0.25) is 9.59 Å². The highest BCUT2D eigenvalue weighted by atomic mass is 32.2. The molecule has 0 radical (unpaired) electrons. The van der Waals surface area contributed by atoms with E-state index in [9.17, 15) is 14.0 Å². The molecule has 0 bridgehead atoms. The molecule has 0 aliphatic carbocycles. The van der Waals surface area contributed by atoms with E-state index in [-0.39, 0.29) is 29.9 Å². The summed E-state index contributed by atoms with van der Waals surface area (Å²) in [5.74, 6) is 0.0934. The van der Waals surface area contributed by atoms with E-state index in [0.29, 0.717) is 11.4 Å². The average Bonchev–Trinajstić information content (AvgIpc) is 2.61. The Kier molecular flexibility index (Phi) is 6.82. The van der Waals surface area contributed by atoms with Crippen LogP contribution >= 0.6 is 11.8 Å². The molecule has 5 nitrogen and oxygen atoms in total. The van der Waals surface area contributed by atoms with Crippen LogP contribution in [-0.4, -0.2) is 43.2 Å². The molecule has 0 saturated carbocycles. The number of anilines is 1. The summed E-state index contributed by atoms with van der Waals surface area (Å²) in [6, 6.07) is 12.9. The number of rotatable bonds is 7. The predicted octanol–water partition coefficient (Wildman–Crippen LogP) is 3.02. The van der Waals surface area contributed by atoms with Gasteiger partial charge in [-0.05, 0) is 48.5 Å². The molecule has 0 heterocycles. The van der Waals surface area contributed by atoms with E-state index >= 15 is 0 Å². The van der Waals surface area contributed by atoms with Gasteiger partial charge < -0.3 is 15.0 Å². The lowest BCUT2D eigenvalue weighted by Crippen LogP contribution is -2.35. The molecule has 132 valence electrons. The molecule has 2 aromatic carbocycles. The summed E-state index contributed by atoms with van der Waals surface area (Å²) in [6.07, 6.45) is 0. The van der Waals surface area contributed by atoms with Crippen molar-refractivity contribution in [3.8, 4) is 5.75 Å². The quantitative estimate of drug-likeness (QED) is 0.769. The van der Waals surface area contributed by atoms with E-state index in [0.717, 1.165) is 4.90 Å². The highest BCUT2D eigenvalue weighted by molar-refractivity contribution is 8.00. The minimum atomic E-state index is -0.317. The molecule has 0 fully saturated rings. The Morgan fingerprint density at radius 3 is 2.36 bits per heavy atom. The summed E-state index contributed by atoms with van der Waals surface area (Å²) in [6.45, 7) is -0.0468. The van der Waals surface area contributed by atoms with Gasteiger partial charge in [0.05, 0.1) is 19.4 Å². The van der Waals surface area contributed by atoms with Crippen molar-refractivity contribution < 1.29 is 18.7 Å². The summed E-state index contributed by atoms with van der Waals surface area (Å²) in [7, 11) is 3.14. The van der Waals surface area contributed by atoms with Crippen molar-refractivity contribution in [3.63, 3.8) is 0 Å². The van der Waals surface area contributed by atoms with Gasteiger partial charge in [0.15, 0.2) is 0 Å². The normalized spacial score (nSPS) is 10.2. The summed E-state index contributed by atoms with van der Waals surface area (Å²) in [5, 5.41) is 2.72. The van der Waals surface area contributed by atoms with Crippen LogP contribution in [0.3, 0.4) is 0 Å². The first-order chi connectivity index (χ1) is 12.0. The third-order valence-corrected chi connectivity index (χ3v) is 4.35. The van der Waals surface area contributed by atoms with Crippen molar-refractivity contribution in [1.82, 2.24) is 4.90 Å². The van der Waals surface area contributed by atoms with Crippen LogP contribution in [-0.2, 0) is 9.59 Å². The second kappa shape index (κ2) is 9.08. The van der Waals surface area contributed by atoms with Gasteiger partial charge in [0, 0.05) is 17.6 Å². The SMILES string of the molecule is COc1ccc(NC(=O)CN(C)C(=O)CSc2ccc(F)cc2)cc1. The third-order valence-electron chi connectivity index (χ3n) is 3.36. The Balaban J connectivity index is 1.78. The van der Waals surface area contributed by atoms with E-state index < -0.39 is 0 Å². The van der Waals surface area contributed by atoms with E-state index in [2.05, 4.69) is 5.32 Å². The van der Waals surface area contributed by atoms with Gasteiger partial charge in [-0.2, -0.15) is 0 Å². The van der Waals surface area contributed by atoms with Crippen molar-refractivity contribution in [3.05, 3.63) is 54.3 Å². The van der Waals surface area contributed by atoms with Gasteiger partial charge in [0.1, 0.15) is 11.6 Å². The maximum absolute atomic E-state index is 12.8. The summed E-state index contributed by atoms with van der Waals surface area (Å²) >= 11 is 1.30. The molecule has 1 N–H and O–H groups in total. The first kappa shape index (κ1) is 18.8. The Bertz CT molecular complexity index is 720. The van der Waals surface area contributed by atoms with Gasteiger partial charge in [0.25, 0.3) is 0 Å². The van der Waals surface area contributed by atoms with Gasteiger partial charge in [-0.15, -0.1) is 11.8 Å². The number of benzene rings is 2. The second-order valence-corrected chi connectivity index (χ2v) is 6.32. The number of nitrogens with zero attached hydrogens (tertiary/aromatic N) is 1. The number of amides is 2. The fourth-order valence-electron chi connectivity index (χ4n) is 1.96. The number of hydrogen-bond acceptors (Lipinski definition) is 4. The maximum Gasteiger partial charge on any atom is 0.243 e. The minimum absolute atomic E-state index is 0.0468. The van der Waals surface area contributed by atoms with E-state index in [4.69, 9.17) is 4.74 Å². The molecular formula is C18H19FN2O3S. The number of likely N-dealkylation sites (N-methyl/N-ethyl adjacent to an activating group) is 1. The standard InChI is InChI=1S/C18H19FN2O3S/c1-21(18(23)12-25-16-9-3-13(19)4-10-16)11-17(22)20-14-5-7-15(24-2)8-6-14/h3-10H,11-12H2,1-2H3,(H,20,22). The van der Waals surface area contributed by atoms with Crippen LogP contribution in [0, 0.1) is 5.82 Å². The predicted molar refractivity (Wildman–Crippen MR) is 96.4 cm³/mol. The largest absolute Gasteiger partial charge is 0.497 e. The zero-order valence-electron chi connectivity index (χ0n) is 14.0. The van der Waals surface area contributed by atoms with Crippen molar-refractivity contribution in [2.75, 3.05) is 31.8 Å². The number of nitrogens with one attached hydrogen (secondary N) is 1. The second-order valence-electron chi connectivity index (χ2n) is 5.27. The molecule has 0 aliphatic heterocycles. The lowest BCUT2D eigenvalue weighted by molar-refractivity contribution is -0.131. The Hall–Kier alpha value is -2.54. The number of hydrogen-bond donors (Lipinski definition) is 1. The first-order valence-electron chi connectivity index (χ1n) is 7.54. The Morgan fingerprint density at radius 2 is 1.76 bits per heavy atom. The van der Waals surface area contributed by atoms with Crippen LogP contribution in [0.15, 0.2) is 53.4 Å². The zero-order valence-corrected chi connectivity index (χ0v) is 14.8. The molecule has 0 spiro atoms. The molecule has 2 amide bonds. The van der Waals surface area contributed by atoms with E-state index in [1.807, 2.05) is 0 Å². The smallest absolute Gasteiger partial charge is 0.243 e. The number of ether oxygens (including phenoxy) is 1. The summed E-state index contributed by atoms with van der Waals surface area (Å²) in [5.41, 5.74) is 0.632. The molecule has 0 aromatic heterocycles. The fourth-order valence-corrected chi connectivity index (χ4v) is 2.80. The molecule has 2 rings (SSSR count). The summed E-state index contributed by atoms with van der Waals surface area (Å²) < 4.78 is 17.9. The van der Waals surface area contributed by atoms with Crippen LogP contribution in [0.2, 0.25) is 0 Å². The molecule has 0 aliphatic rings. The van der Waals surface area contributed by atoms with Crippen molar-refractivity contribution in [1.29, 1.82) is 0 Å². The average molecular weight is 362 g/mol. The molecule has 7 heteroatoms. The van der Waals surface area contributed by atoms with E-state index in [1.54, 1.807) is 50.6 Å². The van der Waals surface area contributed by atoms with E-state index in [1.165, 1.54) is 28.8 Å². The van der Waals surface area contributed by atoms with Crippen LogP contribution in [0.1, 0.15) is 0 Å². The monoisotopic (exact) mass is 362 g/mol. The lowest BCUT2D eigenvalue weighted by atomic mass is 10.3. The van der Waals surface area contributed by atoms with Crippen molar-refractivity contribution in [2.24, 2.45) is 0 Å². The highest BCUT2D eigenvalue weighted by Crippen LogP contribution is 2.18. The Labute approximate surface area is 150 Å². The molecular weight excluding hydrogens is 343 g/mol. The van der Waals surface area contributed by atoms with Gasteiger partial charge in [0.2, 0.25) is 11.8 Å². The summed E-state index contributed by atoms with van der Waals surface area (Å²) in [4.78, 5) is 26.3. The van der Waals surface area contributed by atoms with Crippen molar-refractivity contribution >= 4 is 29.3 Å². The molecule has 25 heavy (non-hydrogen) atoms. The van der Waals surface area contributed by atoms with Crippen LogP contribution in [0.4, 0.5) is 10.1 Å². The first-order valence-corrected chi connectivity index (χ1v) is 8.52. The lowest BCUT2D eigenvalue weighted by Gasteiger charge is -2.16. The van der Waals surface area contributed by atoms with Crippen LogP contribution in [0.5, 0.6) is 5.75 Å². The van der Waals surface area contributed by atoms with Crippen LogP contribution in [0.25, 0.3) is 0 Å². The minimum Gasteiger partial charge on any atom is -0.497 e. The molecule has 0 unspecified atom stereocenters. The van der Waals surface area contributed by atoms with Crippen LogP contribution < -0.4 is 10.1 Å². The fraction of sp³-hybridized carbons (Fsp3) is 0.222. The number of carbonyl (C=O) groups is 2. The van der Waals surface area contributed by atoms with Crippen molar-refractivity contribution in [2.45, 2.75) is 4.90 Å².